The fourth-order valence-corrected chi connectivity index (χ4v) is 6.68. The van der Waals surface area contributed by atoms with Crippen molar-refractivity contribution in [1.29, 1.82) is 0 Å². The zero-order chi connectivity index (χ0) is 47.5. The lowest BCUT2D eigenvalue weighted by molar-refractivity contribution is -0.137. The third kappa shape index (κ3) is 11.2. The van der Waals surface area contributed by atoms with Crippen LogP contribution in [0.2, 0.25) is 0 Å². The number of para-hydroxylation sites is 2. The minimum Gasteiger partial charge on any atom is -0.508 e. The summed E-state index contributed by atoms with van der Waals surface area (Å²) in [5.41, 5.74) is 2.59. The minimum absolute atomic E-state index is 0.0384. The lowest BCUT2D eigenvalue weighted by atomic mass is 10.1. The van der Waals surface area contributed by atoms with Gasteiger partial charge in [0.1, 0.15) is 22.3 Å². The van der Waals surface area contributed by atoms with Crippen LogP contribution in [0.1, 0.15) is 47.8 Å². The van der Waals surface area contributed by atoms with E-state index < -0.39 is 23.6 Å². The lowest BCUT2D eigenvalue weighted by Gasteiger charge is -2.10. The summed E-state index contributed by atoms with van der Waals surface area (Å²) in [4.78, 5) is 48.8. The van der Waals surface area contributed by atoms with Gasteiger partial charge in [0.15, 0.2) is 17.2 Å². The average Bonchev–Trinajstić information content (AvgIpc) is 3.34. The van der Waals surface area contributed by atoms with E-state index in [2.05, 4.69) is 30.9 Å². The molecule has 0 aliphatic rings. The number of hydrogen-bond acceptors (Lipinski definition) is 10. The number of anilines is 1. The molecule has 0 aliphatic carbocycles. The van der Waals surface area contributed by atoms with Crippen molar-refractivity contribution >= 4 is 56.1 Å². The fraction of sp³-hybridized carbons (Fsp3) is 0.0588. The van der Waals surface area contributed by atoms with Crippen molar-refractivity contribution in [2.75, 3.05) is 5.32 Å². The summed E-state index contributed by atoms with van der Waals surface area (Å²) >= 11 is 0. The Morgan fingerprint density at radius 2 is 0.896 bits per heavy atom. The summed E-state index contributed by atoms with van der Waals surface area (Å²) in [6.07, 6.45) is 0.254. The molecular weight excluding hydrogens is 866 g/mol. The Balaban J connectivity index is 0.000000150. The van der Waals surface area contributed by atoms with Crippen LogP contribution in [-0.2, 0) is 19.3 Å². The largest absolute Gasteiger partial charge is 0.508 e. The first-order chi connectivity index (χ1) is 32.3. The van der Waals surface area contributed by atoms with Gasteiger partial charge in [0, 0.05) is 59.1 Å². The van der Waals surface area contributed by atoms with Crippen molar-refractivity contribution in [1.82, 2.24) is 25.6 Å². The number of nitrogens with zero attached hydrogens (tertiary/aromatic N) is 3. The maximum Gasteiger partial charge on any atom is 0.416 e. The van der Waals surface area contributed by atoms with Gasteiger partial charge in [-0.2, -0.15) is 13.2 Å². The van der Waals surface area contributed by atoms with Gasteiger partial charge < -0.3 is 36.4 Å². The highest BCUT2D eigenvalue weighted by molar-refractivity contribution is 6.09. The molecular formula is C51H39F3N6O7. The van der Waals surface area contributed by atoms with Crippen LogP contribution in [0.3, 0.4) is 0 Å². The zero-order valence-electron chi connectivity index (χ0n) is 35.1. The molecule has 0 atom stereocenters. The average molecular weight is 905 g/mol. The zero-order valence-corrected chi connectivity index (χ0v) is 35.1. The number of benzene rings is 6. The van der Waals surface area contributed by atoms with Crippen LogP contribution in [0.5, 0.6) is 23.0 Å². The Bertz CT molecular complexity index is 3230. The number of alkyl halides is 3. The number of nitrogens with one attached hydrogen (secondary N) is 3. The summed E-state index contributed by atoms with van der Waals surface area (Å²) in [5, 5.41) is 50.5. The molecule has 0 spiro atoms. The number of fused-ring (bicyclic) bond motifs is 3. The number of carbonyl (C=O) groups is 3. The van der Waals surface area contributed by atoms with E-state index in [1.165, 1.54) is 24.4 Å². The maximum atomic E-state index is 12.5. The quantitative estimate of drug-likeness (QED) is 0.0768. The lowest BCUT2D eigenvalue weighted by Crippen LogP contribution is -2.23. The van der Waals surface area contributed by atoms with E-state index in [0.29, 0.717) is 38.8 Å². The van der Waals surface area contributed by atoms with E-state index in [1.807, 2.05) is 30.3 Å². The second-order valence-electron chi connectivity index (χ2n) is 14.6. The number of pyridine rings is 3. The van der Waals surface area contributed by atoms with Crippen molar-refractivity contribution in [2.45, 2.75) is 19.3 Å². The number of carbonyl (C=O) groups excluding carboxylic acids is 3. The minimum atomic E-state index is -4.40. The number of halogens is 3. The first-order valence-electron chi connectivity index (χ1n) is 20.3. The van der Waals surface area contributed by atoms with Crippen LogP contribution in [0, 0.1) is 0 Å². The Labute approximate surface area is 379 Å². The number of hydrogen-bond donors (Lipinski definition) is 7. The number of aromatic nitrogens is 3. The van der Waals surface area contributed by atoms with Gasteiger partial charge in [-0.15, -0.1) is 0 Å². The van der Waals surface area contributed by atoms with Gasteiger partial charge in [0.05, 0.1) is 22.3 Å². The Morgan fingerprint density at radius 1 is 0.463 bits per heavy atom. The van der Waals surface area contributed by atoms with Crippen LogP contribution < -0.4 is 16.0 Å². The van der Waals surface area contributed by atoms with Crippen LogP contribution >= 0.6 is 0 Å². The van der Waals surface area contributed by atoms with Gasteiger partial charge in [0.2, 0.25) is 0 Å². The van der Waals surface area contributed by atoms with E-state index in [-0.39, 0.29) is 58.7 Å². The Morgan fingerprint density at radius 3 is 1.36 bits per heavy atom. The van der Waals surface area contributed by atoms with Crippen molar-refractivity contribution in [2.24, 2.45) is 0 Å². The van der Waals surface area contributed by atoms with E-state index in [4.69, 9.17) is 0 Å². The maximum absolute atomic E-state index is 12.5. The van der Waals surface area contributed by atoms with Gasteiger partial charge in [-0.3, -0.25) is 29.3 Å². The van der Waals surface area contributed by atoms with E-state index in [9.17, 15) is 48.0 Å². The molecule has 0 fully saturated rings. The molecule has 16 heteroatoms. The van der Waals surface area contributed by atoms with Crippen LogP contribution in [0.15, 0.2) is 170 Å². The Hall–Kier alpha value is -9.05. The number of phenols is 4. The summed E-state index contributed by atoms with van der Waals surface area (Å²) in [6, 6.07) is 40.8. The molecule has 7 N–H and O–H groups in total. The topological polar surface area (TPSA) is 207 Å². The first-order valence-corrected chi connectivity index (χ1v) is 20.3. The normalized spacial score (nSPS) is 10.9. The van der Waals surface area contributed by atoms with E-state index >= 15 is 0 Å². The number of amides is 3. The van der Waals surface area contributed by atoms with Gasteiger partial charge >= 0.3 is 6.18 Å². The number of phenolic OH excluding ortho intramolecular Hbond substituents is 4. The van der Waals surface area contributed by atoms with E-state index in [1.54, 1.807) is 103 Å². The van der Waals surface area contributed by atoms with E-state index in [0.717, 1.165) is 22.9 Å². The molecule has 336 valence electrons. The molecule has 0 radical (unpaired) electrons. The third-order valence-corrected chi connectivity index (χ3v) is 10.2. The SMILES string of the molecule is O=C(NCc1ccc(C(F)(F)F)cc1)c1ccc2cccnc2c1O.O=C(NCc1ccccc1O)c1ccc2cccnc2c1O.O=C(Nc1ccccc1)c1ccc2cccnc2c1O. The van der Waals surface area contributed by atoms with Gasteiger partial charge in [0.25, 0.3) is 17.7 Å². The molecule has 3 amide bonds. The summed E-state index contributed by atoms with van der Waals surface area (Å²) in [5.74, 6) is -1.68. The number of aromatic hydroxyl groups is 4. The Kier molecular flexibility index (Phi) is 14.2. The predicted octanol–water partition coefficient (Wildman–Crippen LogP) is 9.66. The van der Waals surface area contributed by atoms with Crippen LogP contribution in [0.25, 0.3) is 32.7 Å². The standard InChI is InChI=1S/C18H13F3N2O2.C17H14N2O3.C16H12N2O2/c19-18(20,21)13-6-3-11(4-7-13)10-23-17(25)14-8-5-12-2-1-9-22-15(12)16(14)24;20-14-6-2-1-4-12(14)10-19-17(22)13-8-7-11-5-3-9-18-15(11)16(13)21;19-15-13(9-8-11-5-4-10-17-14(11)15)16(20)18-12-6-2-1-3-7-12/h1-9,24H,10H2,(H,23,25);1-9,20-21H,10H2,(H,19,22);1-10,19H,(H,18,20). The van der Waals surface area contributed by atoms with Crippen molar-refractivity contribution in [3.8, 4) is 23.0 Å². The van der Waals surface area contributed by atoms with Crippen LogP contribution in [-0.4, -0.2) is 53.1 Å². The monoisotopic (exact) mass is 904 g/mol. The molecule has 13 nitrogen and oxygen atoms in total. The second kappa shape index (κ2) is 20.6. The van der Waals surface area contributed by atoms with Gasteiger partial charge in [-0.05, 0) is 72.3 Å². The van der Waals surface area contributed by atoms with Gasteiger partial charge in [-0.1, -0.05) is 84.9 Å². The molecule has 0 aliphatic heterocycles. The second-order valence-corrected chi connectivity index (χ2v) is 14.6. The summed E-state index contributed by atoms with van der Waals surface area (Å²) in [7, 11) is 0. The molecule has 9 rings (SSSR count). The summed E-state index contributed by atoms with van der Waals surface area (Å²) < 4.78 is 37.6. The predicted molar refractivity (Wildman–Crippen MR) is 247 cm³/mol. The highest BCUT2D eigenvalue weighted by Crippen LogP contribution is 2.31. The van der Waals surface area contributed by atoms with Crippen molar-refractivity contribution < 1.29 is 48.0 Å². The summed E-state index contributed by atoms with van der Waals surface area (Å²) in [6.45, 7) is 0.210. The van der Waals surface area contributed by atoms with Crippen molar-refractivity contribution in [3.63, 3.8) is 0 Å². The third-order valence-electron chi connectivity index (χ3n) is 10.2. The van der Waals surface area contributed by atoms with Crippen molar-refractivity contribution in [3.05, 3.63) is 204 Å². The smallest absolute Gasteiger partial charge is 0.416 e. The molecule has 0 unspecified atom stereocenters. The molecule has 3 heterocycles. The molecule has 9 aromatic rings. The van der Waals surface area contributed by atoms with Gasteiger partial charge in [-0.25, -0.2) is 0 Å². The molecule has 3 aromatic heterocycles. The highest BCUT2D eigenvalue weighted by Gasteiger charge is 2.30. The molecule has 0 saturated heterocycles. The highest BCUT2D eigenvalue weighted by atomic mass is 19.4. The number of rotatable bonds is 8. The van der Waals surface area contributed by atoms with Crippen LogP contribution in [0.4, 0.5) is 18.9 Å². The molecule has 67 heavy (non-hydrogen) atoms. The first kappa shape index (κ1) is 46.0. The fourth-order valence-electron chi connectivity index (χ4n) is 6.68. The molecule has 6 aromatic carbocycles. The molecule has 0 saturated carbocycles. The molecule has 0 bridgehead atoms.